The number of carbonyl (C=O) groups excluding carboxylic acids is 1. The van der Waals surface area contributed by atoms with Gasteiger partial charge in [0.1, 0.15) is 23.5 Å². The Morgan fingerprint density at radius 2 is 2.17 bits per heavy atom. The molecule has 1 aliphatic carbocycles. The van der Waals surface area contributed by atoms with Crippen molar-refractivity contribution in [3.05, 3.63) is 53.6 Å². The summed E-state index contributed by atoms with van der Waals surface area (Å²) in [7, 11) is 0. The lowest BCUT2D eigenvalue weighted by Gasteiger charge is -2.11. The predicted octanol–water partition coefficient (Wildman–Crippen LogP) is 4.39. The molecule has 0 aromatic carbocycles. The van der Waals surface area contributed by atoms with Crippen molar-refractivity contribution in [1.82, 2.24) is 24.7 Å². The number of anilines is 1. The molecule has 2 unspecified atom stereocenters. The van der Waals surface area contributed by atoms with Crippen LogP contribution in [0.1, 0.15) is 67.2 Å². The third-order valence-corrected chi connectivity index (χ3v) is 5.57. The number of nitrogens with one attached hydrogen (secondary N) is 1. The van der Waals surface area contributed by atoms with E-state index in [4.69, 9.17) is 0 Å². The number of nitrogens with zero attached hydrogens (tertiary/aromatic N) is 5. The smallest absolute Gasteiger partial charge is 0.275 e. The van der Waals surface area contributed by atoms with Crippen molar-refractivity contribution in [2.75, 3.05) is 5.32 Å². The van der Waals surface area contributed by atoms with Gasteiger partial charge in [-0.1, -0.05) is 19.4 Å². The van der Waals surface area contributed by atoms with E-state index in [0.717, 1.165) is 11.5 Å². The summed E-state index contributed by atoms with van der Waals surface area (Å²) in [5, 5.41) is 11.0. The van der Waals surface area contributed by atoms with E-state index in [9.17, 15) is 4.79 Å². The molecular formula is C22H26N6O. The third-order valence-electron chi connectivity index (χ3n) is 5.57. The first-order valence-electron chi connectivity index (χ1n) is 10.1. The van der Waals surface area contributed by atoms with Gasteiger partial charge in [0.15, 0.2) is 5.82 Å². The molecule has 0 aliphatic heterocycles. The first-order chi connectivity index (χ1) is 14.0. The molecule has 0 spiro atoms. The number of aromatic nitrogens is 5. The summed E-state index contributed by atoms with van der Waals surface area (Å²) in [4.78, 5) is 21.7. The highest BCUT2D eigenvalue weighted by molar-refractivity contribution is 6.02. The Hall–Kier alpha value is -3.09. The molecule has 150 valence electrons. The Labute approximate surface area is 170 Å². The van der Waals surface area contributed by atoms with Crippen LogP contribution >= 0.6 is 0 Å². The highest BCUT2D eigenvalue weighted by Gasteiger charge is 2.37. The number of pyridine rings is 2. The van der Waals surface area contributed by atoms with Crippen LogP contribution in [0.2, 0.25) is 0 Å². The zero-order valence-electron chi connectivity index (χ0n) is 17.3. The normalized spacial score (nSPS) is 18.1. The molecule has 2 atom stereocenters. The van der Waals surface area contributed by atoms with E-state index < -0.39 is 0 Å². The van der Waals surface area contributed by atoms with Crippen molar-refractivity contribution in [2.24, 2.45) is 5.92 Å². The van der Waals surface area contributed by atoms with Gasteiger partial charge < -0.3 is 9.88 Å². The van der Waals surface area contributed by atoms with Gasteiger partial charge in [0.05, 0.1) is 0 Å². The second-order valence-electron chi connectivity index (χ2n) is 7.95. The number of amides is 1. The highest BCUT2D eigenvalue weighted by atomic mass is 16.1. The summed E-state index contributed by atoms with van der Waals surface area (Å²) in [6.07, 6.45) is 5.85. The summed E-state index contributed by atoms with van der Waals surface area (Å²) in [5.74, 6) is 2.16. The fourth-order valence-corrected chi connectivity index (χ4v) is 3.76. The van der Waals surface area contributed by atoms with E-state index in [1.165, 1.54) is 18.4 Å². The Morgan fingerprint density at radius 3 is 2.90 bits per heavy atom. The van der Waals surface area contributed by atoms with E-state index >= 15 is 0 Å². The first-order valence-corrected chi connectivity index (χ1v) is 10.1. The molecule has 1 aliphatic rings. The lowest BCUT2D eigenvalue weighted by atomic mass is 10.0. The van der Waals surface area contributed by atoms with Crippen molar-refractivity contribution in [2.45, 2.75) is 52.5 Å². The Morgan fingerprint density at radius 1 is 1.34 bits per heavy atom. The van der Waals surface area contributed by atoms with Crippen molar-refractivity contribution >= 4 is 11.7 Å². The average molecular weight is 390 g/mol. The van der Waals surface area contributed by atoms with Gasteiger partial charge in [0, 0.05) is 12.2 Å². The molecule has 0 bridgehead atoms. The molecule has 1 N–H and O–H groups in total. The topological polar surface area (TPSA) is 85.6 Å². The van der Waals surface area contributed by atoms with E-state index in [1.54, 1.807) is 18.6 Å². The molecule has 3 aromatic heterocycles. The minimum absolute atomic E-state index is 0.213. The molecule has 3 aromatic rings. The number of carbonyl (C=O) groups is 1. The largest absolute Gasteiger partial charge is 0.310 e. The molecule has 1 fully saturated rings. The zero-order valence-corrected chi connectivity index (χ0v) is 17.3. The SMILES string of the molecule is CCC1CC1c1cc(C(=O)Nc2cccc(-c3nncn3C(C)C)n2)ncc1C. The average Bonchev–Trinajstić information content (AvgIpc) is 3.32. The summed E-state index contributed by atoms with van der Waals surface area (Å²) >= 11 is 0. The molecule has 0 saturated heterocycles. The summed E-state index contributed by atoms with van der Waals surface area (Å²) in [6, 6.07) is 7.62. The van der Waals surface area contributed by atoms with Crippen molar-refractivity contribution in [1.29, 1.82) is 0 Å². The molecule has 0 radical (unpaired) electrons. The quantitative estimate of drug-likeness (QED) is 0.675. The Balaban J connectivity index is 1.55. The summed E-state index contributed by atoms with van der Waals surface area (Å²) in [5.41, 5.74) is 3.47. The van der Waals surface area contributed by atoms with Gasteiger partial charge >= 0.3 is 0 Å². The van der Waals surface area contributed by atoms with E-state index in [1.807, 2.05) is 22.8 Å². The van der Waals surface area contributed by atoms with Gasteiger partial charge in [0.2, 0.25) is 0 Å². The first kappa shape index (κ1) is 19.2. The van der Waals surface area contributed by atoms with Gasteiger partial charge in [-0.15, -0.1) is 10.2 Å². The molecule has 4 rings (SSSR count). The zero-order chi connectivity index (χ0) is 20.5. The highest BCUT2D eigenvalue weighted by Crippen LogP contribution is 2.50. The van der Waals surface area contributed by atoms with Gasteiger partial charge in [-0.3, -0.25) is 9.78 Å². The maximum atomic E-state index is 12.8. The van der Waals surface area contributed by atoms with Gasteiger partial charge in [-0.2, -0.15) is 0 Å². The lowest BCUT2D eigenvalue weighted by molar-refractivity contribution is 0.102. The van der Waals surface area contributed by atoms with Crippen molar-refractivity contribution in [3.63, 3.8) is 0 Å². The minimum Gasteiger partial charge on any atom is -0.310 e. The molecular weight excluding hydrogens is 364 g/mol. The number of hydrogen-bond acceptors (Lipinski definition) is 5. The van der Waals surface area contributed by atoms with Crippen LogP contribution in [0.25, 0.3) is 11.5 Å². The van der Waals surface area contributed by atoms with Crippen LogP contribution in [0.15, 0.2) is 36.8 Å². The van der Waals surface area contributed by atoms with E-state index in [0.29, 0.717) is 28.9 Å². The van der Waals surface area contributed by atoms with Crippen molar-refractivity contribution < 1.29 is 4.79 Å². The van der Waals surface area contributed by atoms with Crippen LogP contribution in [0.3, 0.4) is 0 Å². The Bertz CT molecular complexity index is 1040. The number of hydrogen-bond donors (Lipinski definition) is 1. The molecule has 1 amide bonds. The fourth-order valence-electron chi connectivity index (χ4n) is 3.76. The molecule has 29 heavy (non-hydrogen) atoms. The van der Waals surface area contributed by atoms with Crippen LogP contribution in [0, 0.1) is 12.8 Å². The van der Waals surface area contributed by atoms with Crippen molar-refractivity contribution in [3.8, 4) is 11.5 Å². The van der Waals surface area contributed by atoms with Crippen LogP contribution in [0.5, 0.6) is 0 Å². The fraction of sp³-hybridized carbons (Fsp3) is 0.409. The van der Waals surface area contributed by atoms with E-state index in [2.05, 4.69) is 53.2 Å². The number of aryl methyl sites for hydroxylation is 1. The lowest BCUT2D eigenvalue weighted by Crippen LogP contribution is -2.15. The molecule has 7 nitrogen and oxygen atoms in total. The Kier molecular flexibility index (Phi) is 5.13. The second-order valence-corrected chi connectivity index (χ2v) is 7.95. The maximum absolute atomic E-state index is 12.8. The summed E-state index contributed by atoms with van der Waals surface area (Å²) < 4.78 is 1.95. The number of rotatable bonds is 6. The minimum atomic E-state index is -0.255. The third kappa shape index (κ3) is 3.90. The van der Waals surface area contributed by atoms with Gasteiger partial charge in [-0.05, 0) is 68.4 Å². The van der Waals surface area contributed by atoms with Gasteiger partial charge in [0.25, 0.3) is 5.91 Å². The maximum Gasteiger partial charge on any atom is 0.275 e. The predicted molar refractivity (Wildman–Crippen MR) is 112 cm³/mol. The standard InChI is InChI=1S/C22H26N6O/c1-5-15-9-17(15)16-10-19(23-11-14(16)4)22(29)26-20-8-6-7-18(25-20)21-27-24-12-28(21)13(2)3/h6-8,10-13,15,17H,5,9H2,1-4H3,(H,25,26,29). The molecule has 1 saturated carbocycles. The van der Waals surface area contributed by atoms with E-state index in [-0.39, 0.29) is 11.9 Å². The molecule has 7 heteroatoms. The molecule has 3 heterocycles. The van der Waals surface area contributed by atoms with Crippen LogP contribution in [0.4, 0.5) is 5.82 Å². The van der Waals surface area contributed by atoms with Crippen LogP contribution in [-0.2, 0) is 0 Å². The van der Waals surface area contributed by atoms with Gasteiger partial charge in [-0.25, -0.2) is 4.98 Å². The van der Waals surface area contributed by atoms with Crippen LogP contribution < -0.4 is 5.32 Å². The summed E-state index contributed by atoms with van der Waals surface area (Å²) in [6.45, 7) is 8.39. The van der Waals surface area contributed by atoms with Crippen LogP contribution in [-0.4, -0.2) is 30.6 Å². The second kappa shape index (κ2) is 7.73. The monoisotopic (exact) mass is 390 g/mol.